The van der Waals surface area contributed by atoms with Crippen molar-refractivity contribution in [2.75, 3.05) is 32.2 Å². The Kier molecular flexibility index (Phi) is 8.04. The SMILES string of the molecule is COc1ccc(Cc2csc(N3CCC(S(=O)(=O)c4c(F)c(Br)cc(F)c4Br)CC3)n2)c(OC)c1. The van der Waals surface area contributed by atoms with Crippen molar-refractivity contribution in [1.82, 2.24) is 4.98 Å². The fraction of sp³-hybridized carbons (Fsp3) is 0.348. The molecule has 1 fully saturated rings. The third-order valence-corrected chi connectivity index (χ3v) is 10.8. The Morgan fingerprint density at radius 2 is 1.86 bits per heavy atom. The van der Waals surface area contributed by atoms with Crippen LogP contribution in [0.3, 0.4) is 0 Å². The molecule has 188 valence electrons. The summed E-state index contributed by atoms with van der Waals surface area (Å²) < 4.78 is 65.2. The number of rotatable bonds is 7. The minimum atomic E-state index is -4.08. The van der Waals surface area contributed by atoms with E-state index >= 15 is 0 Å². The van der Waals surface area contributed by atoms with Gasteiger partial charge < -0.3 is 14.4 Å². The molecule has 0 radical (unpaired) electrons. The van der Waals surface area contributed by atoms with E-state index in [1.165, 1.54) is 11.3 Å². The number of piperidine rings is 1. The van der Waals surface area contributed by atoms with Crippen molar-refractivity contribution in [3.05, 3.63) is 61.5 Å². The first-order valence-electron chi connectivity index (χ1n) is 10.6. The number of methoxy groups -OCH3 is 2. The number of ether oxygens (including phenoxy) is 2. The number of hydrogen-bond donors (Lipinski definition) is 0. The zero-order valence-corrected chi connectivity index (χ0v) is 23.7. The van der Waals surface area contributed by atoms with Crippen LogP contribution in [0, 0.1) is 11.6 Å². The Hall–Kier alpha value is -1.76. The van der Waals surface area contributed by atoms with E-state index in [-0.39, 0.29) is 21.8 Å². The second-order valence-corrected chi connectivity index (χ2v) is 12.7. The van der Waals surface area contributed by atoms with Crippen LogP contribution in [0.15, 0.2) is 43.5 Å². The molecule has 35 heavy (non-hydrogen) atoms. The van der Waals surface area contributed by atoms with E-state index in [9.17, 15) is 17.2 Å². The van der Waals surface area contributed by atoms with Crippen molar-refractivity contribution < 1.29 is 26.7 Å². The first-order chi connectivity index (χ1) is 16.6. The molecule has 0 bridgehead atoms. The van der Waals surface area contributed by atoms with Crippen molar-refractivity contribution in [1.29, 1.82) is 0 Å². The standard InChI is InChI=1S/C23H22Br2F2N2O4S2/c1-32-15-4-3-13(19(10-15)33-2)9-14-12-34-23(28-14)29-7-5-16(6-8-29)35(30,31)22-20(25)18(26)11-17(24)21(22)27/h3-4,10-12,16H,5-9H2,1-2H3. The van der Waals surface area contributed by atoms with Gasteiger partial charge in [-0.05, 0) is 56.8 Å². The molecule has 0 atom stereocenters. The van der Waals surface area contributed by atoms with Crippen LogP contribution in [-0.2, 0) is 16.3 Å². The number of halogens is 4. The Morgan fingerprint density at radius 1 is 1.14 bits per heavy atom. The summed E-state index contributed by atoms with van der Waals surface area (Å²) in [6.07, 6.45) is 1.14. The molecule has 2 heterocycles. The lowest BCUT2D eigenvalue weighted by molar-refractivity contribution is 0.391. The molecule has 4 rings (SSSR count). The van der Waals surface area contributed by atoms with Crippen molar-refractivity contribution in [3.8, 4) is 11.5 Å². The predicted octanol–water partition coefficient (Wildman–Crippen LogP) is 6.00. The molecule has 0 N–H and O–H groups in total. The van der Waals surface area contributed by atoms with E-state index < -0.39 is 31.6 Å². The van der Waals surface area contributed by atoms with E-state index in [1.54, 1.807) is 14.2 Å². The second-order valence-electron chi connectivity index (χ2n) is 8.00. The monoisotopic (exact) mass is 650 g/mol. The van der Waals surface area contributed by atoms with Gasteiger partial charge >= 0.3 is 0 Å². The first kappa shape index (κ1) is 26.3. The highest BCUT2D eigenvalue weighted by Gasteiger charge is 2.37. The van der Waals surface area contributed by atoms with Crippen molar-refractivity contribution in [3.63, 3.8) is 0 Å². The Balaban J connectivity index is 1.46. The lowest BCUT2D eigenvalue weighted by atomic mass is 10.1. The minimum Gasteiger partial charge on any atom is -0.497 e. The lowest BCUT2D eigenvalue weighted by Crippen LogP contribution is -2.39. The summed E-state index contributed by atoms with van der Waals surface area (Å²) in [6.45, 7) is 0.886. The van der Waals surface area contributed by atoms with E-state index in [0.717, 1.165) is 22.5 Å². The van der Waals surface area contributed by atoms with Gasteiger partial charge in [0.1, 0.15) is 22.2 Å². The van der Waals surface area contributed by atoms with Crippen LogP contribution in [0.5, 0.6) is 11.5 Å². The van der Waals surface area contributed by atoms with Gasteiger partial charge in [-0.25, -0.2) is 22.2 Å². The van der Waals surface area contributed by atoms with Gasteiger partial charge in [0.2, 0.25) is 0 Å². The van der Waals surface area contributed by atoms with Crippen LogP contribution in [0.2, 0.25) is 0 Å². The number of benzene rings is 2. The molecular formula is C23H22Br2F2N2O4S2. The molecule has 12 heteroatoms. The van der Waals surface area contributed by atoms with Crippen molar-refractivity contribution in [2.24, 2.45) is 0 Å². The van der Waals surface area contributed by atoms with Gasteiger partial charge in [0, 0.05) is 36.5 Å². The molecule has 1 aliphatic rings. The number of aromatic nitrogens is 1. The molecule has 1 saturated heterocycles. The third-order valence-electron chi connectivity index (χ3n) is 5.91. The normalized spacial score (nSPS) is 14.9. The molecule has 3 aromatic rings. The summed E-state index contributed by atoms with van der Waals surface area (Å²) in [5.74, 6) is -0.399. The zero-order valence-electron chi connectivity index (χ0n) is 18.9. The smallest absolute Gasteiger partial charge is 0.185 e. The van der Waals surface area contributed by atoms with Crippen molar-refractivity contribution in [2.45, 2.75) is 29.4 Å². The second kappa shape index (κ2) is 10.7. The molecule has 0 saturated carbocycles. The maximum atomic E-state index is 14.7. The average molecular weight is 652 g/mol. The molecule has 1 aliphatic heterocycles. The minimum absolute atomic E-state index is 0.224. The molecular weight excluding hydrogens is 630 g/mol. The maximum Gasteiger partial charge on any atom is 0.185 e. The molecule has 1 aromatic heterocycles. The first-order valence-corrected chi connectivity index (χ1v) is 14.6. The van der Waals surface area contributed by atoms with Gasteiger partial charge in [-0.3, -0.25) is 0 Å². The zero-order chi connectivity index (χ0) is 25.3. The van der Waals surface area contributed by atoms with Gasteiger partial charge in [0.05, 0.1) is 34.1 Å². The van der Waals surface area contributed by atoms with Crippen LogP contribution in [0.25, 0.3) is 0 Å². The maximum absolute atomic E-state index is 14.7. The average Bonchev–Trinajstić information content (AvgIpc) is 3.31. The summed E-state index contributed by atoms with van der Waals surface area (Å²) in [4.78, 5) is 6.12. The number of sulfone groups is 1. The Labute approximate surface area is 223 Å². The fourth-order valence-corrected chi connectivity index (χ4v) is 8.29. The van der Waals surface area contributed by atoms with E-state index in [0.29, 0.717) is 31.0 Å². The Bertz CT molecular complexity index is 1320. The quantitative estimate of drug-likeness (QED) is 0.292. The predicted molar refractivity (Wildman–Crippen MR) is 139 cm³/mol. The molecule has 2 aromatic carbocycles. The van der Waals surface area contributed by atoms with Crippen molar-refractivity contribution >= 4 is 58.2 Å². The number of nitrogens with zero attached hydrogens (tertiary/aromatic N) is 2. The molecule has 0 spiro atoms. The summed E-state index contributed by atoms with van der Waals surface area (Å²) in [7, 11) is -0.876. The molecule has 0 unspecified atom stereocenters. The van der Waals surface area contributed by atoms with E-state index in [1.807, 2.05) is 28.5 Å². The molecule has 6 nitrogen and oxygen atoms in total. The highest BCUT2D eigenvalue weighted by atomic mass is 79.9. The summed E-state index contributed by atoms with van der Waals surface area (Å²) in [5, 5.41) is 1.95. The fourth-order valence-electron chi connectivity index (χ4n) is 4.04. The lowest BCUT2D eigenvalue weighted by Gasteiger charge is -2.31. The van der Waals surface area contributed by atoms with E-state index in [2.05, 4.69) is 31.9 Å². The highest BCUT2D eigenvalue weighted by Crippen LogP contribution is 2.37. The number of thiazole rings is 1. The topological polar surface area (TPSA) is 68.7 Å². The van der Waals surface area contributed by atoms with Gasteiger partial charge in [0.25, 0.3) is 0 Å². The largest absolute Gasteiger partial charge is 0.497 e. The third kappa shape index (κ3) is 5.35. The van der Waals surface area contributed by atoms with Crippen LogP contribution < -0.4 is 14.4 Å². The summed E-state index contributed by atoms with van der Waals surface area (Å²) in [6, 6.07) is 6.54. The Morgan fingerprint density at radius 3 is 2.51 bits per heavy atom. The summed E-state index contributed by atoms with van der Waals surface area (Å²) in [5.41, 5.74) is 1.85. The molecule has 0 amide bonds. The molecule has 0 aliphatic carbocycles. The van der Waals surface area contributed by atoms with Crippen LogP contribution in [-0.4, -0.2) is 46.0 Å². The van der Waals surface area contributed by atoms with Crippen LogP contribution in [0.4, 0.5) is 13.9 Å². The van der Waals surface area contributed by atoms with Gasteiger partial charge in [-0.1, -0.05) is 6.07 Å². The number of hydrogen-bond acceptors (Lipinski definition) is 7. The van der Waals surface area contributed by atoms with Crippen LogP contribution >= 0.6 is 43.2 Å². The van der Waals surface area contributed by atoms with E-state index in [4.69, 9.17) is 14.5 Å². The highest BCUT2D eigenvalue weighted by molar-refractivity contribution is 9.11. The van der Waals surface area contributed by atoms with Gasteiger partial charge in [-0.15, -0.1) is 11.3 Å². The summed E-state index contributed by atoms with van der Waals surface area (Å²) >= 11 is 7.30. The van der Waals surface area contributed by atoms with Crippen LogP contribution in [0.1, 0.15) is 24.1 Å². The van der Waals surface area contributed by atoms with Gasteiger partial charge in [0.15, 0.2) is 20.8 Å². The van der Waals surface area contributed by atoms with Gasteiger partial charge in [-0.2, -0.15) is 0 Å². The number of anilines is 1.